The van der Waals surface area contributed by atoms with Crippen LogP contribution >= 0.6 is 46.6 Å². The predicted molar refractivity (Wildman–Crippen MR) is 146 cm³/mol. The lowest BCUT2D eigenvalue weighted by Crippen LogP contribution is -2.31. The summed E-state index contributed by atoms with van der Waals surface area (Å²) in [6.07, 6.45) is 0.564. The fourth-order valence-electron chi connectivity index (χ4n) is 3.83. The van der Waals surface area contributed by atoms with Gasteiger partial charge in [0, 0.05) is 29.6 Å². The Kier molecular flexibility index (Phi) is 9.54. The topological polar surface area (TPSA) is 118 Å². The Morgan fingerprint density at radius 1 is 1.05 bits per heavy atom. The number of carbonyl (C=O) groups is 2. The van der Waals surface area contributed by atoms with Gasteiger partial charge in [0.1, 0.15) is 5.03 Å². The second kappa shape index (κ2) is 12.7. The maximum atomic E-state index is 12.1. The molecule has 0 bridgehead atoms. The number of aliphatic hydroxyl groups is 1. The number of aromatic nitrogens is 1. The highest BCUT2D eigenvalue weighted by Crippen LogP contribution is 2.40. The molecule has 12 heteroatoms. The molecule has 1 aliphatic heterocycles. The van der Waals surface area contributed by atoms with Crippen LogP contribution in [-0.2, 0) is 20.9 Å². The number of aliphatic hydroxyl groups excluding tert-OH is 1. The summed E-state index contributed by atoms with van der Waals surface area (Å²) in [5.74, 6) is -1.43. The van der Waals surface area contributed by atoms with Crippen LogP contribution < -0.4 is 5.32 Å². The molecular weight excluding hydrogens is 575 g/mol. The Hall–Kier alpha value is -2.37. The monoisotopic (exact) mass is 596 g/mol. The average molecular weight is 598 g/mol. The Balaban J connectivity index is 1.57. The van der Waals surface area contributed by atoms with Crippen molar-refractivity contribution < 1.29 is 29.3 Å². The van der Waals surface area contributed by atoms with Crippen molar-refractivity contribution in [1.82, 2.24) is 4.98 Å². The van der Waals surface area contributed by atoms with E-state index in [0.29, 0.717) is 28.5 Å². The molecule has 0 saturated carbocycles. The summed E-state index contributed by atoms with van der Waals surface area (Å²) >= 11 is 18.3. The first kappa shape index (κ1) is 28.6. The maximum absolute atomic E-state index is 12.1. The first-order valence-corrected chi connectivity index (χ1v) is 13.6. The minimum absolute atomic E-state index is 0.0699. The quantitative estimate of drug-likeness (QED) is 0.216. The normalized spacial score (nSPS) is 19.6. The number of carbonyl (C=O) groups excluding carboxylic acids is 1. The summed E-state index contributed by atoms with van der Waals surface area (Å²) in [5.41, 5.74) is 2.82. The summed E-state index contributed by atoms with van der Waals surface area (Å²) in [6.45, 7) is -0.0699. The highest BCUT2D eigenvalue weighted by molar-refractivity contribution is 7.99. The Morgan fingerprint density at radius 3 is 2.50 bits per heavy atom. The smallest absolute Gasteiger partial charge is 0.338 e. The van der Waals surface area contributed by atoms with Crippen LogP contribution in [0.15, 0.2) is 71.9 Å². The van der Waals surface area contributed by atoms with Crippen LogP contribution in [0.2, 0.25) is 0 Å². The van der Waals surface area contributed by atoms with Gasteiger partial charge in [0.2, 0.25) is 0 Å². The first-order valence-electron chi connectivity index (χ1n) is 11.4. The number of thioether (sulfide) groups is 1. The van der Waals surface area contributed by atoms with Gasteiger partial charge in [-0.1, -0.05) is 71.2 Å². The van der Waals surface area contributed by atoms with Crippen molar-refractivity contribution in [3.63, 3.8) is 0 Å². The number of benzene rings is 2. The van der Waals surface area contributed by atoms with Gasteiger partial charge in [0.15, 0.2) is 6.29 Å². The number of hydrogen-bond acceptors (Lipinski definition) is 7. The van der Waals surface area contributed by atoms with Crippen molar-refractivity contribution in [2.45, 2.75) is 40.3 Å². The number of carboxylic acid groups (broad SMARTS) is 1. The van der Waals surface area contributed by atoms with E-state index in [9.17, 15) is 19.8 Å². The largest absolute Gasteiger partial charge is 0.478 e. The predicted octanol–water partition coefficient (Wildman–Crippen LogP) is 5.92. The third-order valence-corrected chi connectivity index (χ3v) is 7.35. The number of pyridine rings is 1. The zero-order valence-corrected chi connectivity index (χ0v) is 22.8. The number of nitrogens with one attached hydrogen (secondary N) is 1. The van der Waals surface area contributed by atoms with E-state index in [-0.39, 0.29) is 24.4 Å². The third kappa shape index (κ3) is 7.39. The summed E-state index contributed by atoms with van der Waals surface area (Å²) in [6, 6.07) is 17.3. The van der Waals surface area contributed by atoms with Crippen LogP contribution in [0.1, 0.15) is 45.9 Å². The molecular formula is C26H23Cl3N2O6S. The fraction of sp³-hybridized carbons (Fsp3) is 0.269. The van der Waals surface area contributed by atoms with Crippen molar-refractivity contribution >= 4 is 64.1 Å². The molecule has 1 aliphatic rings. The number of nitrogens with zero attached hydrogens (tertiary/aromatic N) is 1. The van der Waals surface area contributed by atoms with E-state index in [1.54, 1.807) is 36.5 Å². The number of carboxylic acids is 1. The van der Waals surface area contributed by atoms with Crippen molar-refractivity contribution in [1.29, 1.82) is 0 Å². The van der Waals surface area contributed by atoms with Crippen LogP contribution in [0.25, 0.3) is 0 Å². The Morgan fingerprint density at radius 2 is 1.82 bits per heavy atom. The third-order valence-electron chi connectivity index (χ3n) is 5.70. The number of ether oxygens (including phenoxy) is 2. The van der Waals surface area contributed by atoms with Gasteiger partial charge in [-0.2, -0.15) is 0 Å². The summed E-state index contributed by atoms with van der Waals surface area (Å²) in [4.78, 5) is 27.9. The van der Waals surface area contributed by atoms with Crippen LogP contribution in [0.4, 0.5) is 5.69 Å². The zero-order valence-electron chi connectivity index (χ0n) is 19.7. The van der Waals surface area contributed by atoms with Crippen molar-refractivity contribution in [3.05, 3.63) is 89.1 Å². The van der Waals surface area contributed by atoms with E-state index in [1.807, 2.05) is 24.3 Å². The number of anilines is 1. The van der Waals surface area contributed by atoms with Gasteiger partial charge in [-0.25, -0.2) is 9.78 Å². The molecule has 1 fully saturated rings. The molecule has 1 saturated heterocycles. The number of aromatic carboxylic acids is 1. The van der Waals surface area contributed by atoms with E-state index in [4.69, 9.17) is 44.3 Å². The van der Waals surface area contributed by atoms with Gasteiger partial charge < -0.3 is 25.0 Å². The lowest BCUT2D eigenvalue weighted by molar-refractivity contribution is -0.245. The molecule has 3 atom stereocenters. The van der Waals surface area contributed by atoms with Crippen LogP contribution in [0.3, 0.4) is 0 Å². The lowest BCUT2D eigenvalue weighted by Gasteiger charge is -2.36. The molecule has 1 amide bonds. The molecule has 3 aromatic rings. The van der Waals surface area contributed by atoms with Crippen LogP contribution in [-0.4, -0.2) is 42.7 Å². The van der Waals surface area contributed by atoms with E-state index in [2.05, 4.69) is 10.3 Å². The molecule has 2 aromatic carbocycles. The molecule has 0 spiro atoms. The standard InChI is InChI=1S/C26H23Cl3N2O6S/c27-26(28,29)25(35)31-18-4-1-3-17(11-18)24-36-19(14-38-22-20(23(33)34)5-2-10-30-22)12-21(37-24)16-8-6-15(13-32)7-9-16/h1-11,19,21,24,32H,12-14H2,(H,31,35)(H,33,34)/t19-,21+,24+/m1/s1. The lowest BCUT2D eigenvalue weighted by atomic mass is 10.0. The molecule has 0 unspecified atom stereocenters. The minimum atomic E-state index is -2.12. The molecule has 200 valence electrons. The molecule has 0 radical (unpaired) electrons. The van der Waals surface area contributed by atoms with Gasteiger partial charge in [-0.3, -0.25) is 4.79 Å². The molecule has 3 N–H and O–H groups in total. The Bertz CT molecular complexity index is 1290. The van der Waals surface area contributed by atoms with Crippen molar-refractivity contribution in [2.24, 2.45) is 0 Å². The van der Waals surface area contributed by atoms with Gasteiger partial charge >= 0.3 is 5.97 Å². The highest BCUT2D eigenvalue weighted by atomic mass is 35.6. The maximum Gasteiger partial charge on any atom is 0.338 e. The molecule has 0 aliphatic carbocycles. The Labute approximate surface area is 238 Å². The first-order chi connectivity index (χ1) is 18.1. The molecule has 1 aromatic heterocycles. The van der Waals surface area contributed by atoms with Crippen molar-refractivity contribution in [3.8, 4) is 0 Å². The van der Waals surface area contributed by atoms with E-state index >= 15 is 0 Å². The van der Waals surface area contributed by atoms with Gasteiger partial charge in [-0.15, -0.1) is 11.8 Å². The SMILES string of the molecule is O=C(O)c1cccnc1SC[C@H]1C[C@@H](c2ccc(CO)cc2)O[C@@H](c2cccc(NC(=O)C(Cl)(Cl)Cl)c2)O1. The average Bonchev–Trinajstić information content (AvgIpc) is 2.91. The van der Waals surface area contributed by atoms with E-state index in [0.717, 1.165) is 11.1 Å². The van der Waals surface area contributed by atoms with E-state index in [1.165, 1.54) is 17.8 Å². The summed E-state index contributed by atoms with van der Waals surface area (Å²) < 4.78 is 10.5. The molecule has 4 rings (SSSR count). The van der Waals surface area contributed by atoms with Crippen molar-refractivity contribution in [2.75, 3.05) is 11.1 Å². The number of rotatable bonds is 8. The number of amides is 1. The second-order valence-electron chi connectivity index (χ2n) is 8.40. The van der Waals surface area contributed by atoms with Gasteiger partial charge in [0.25, 0.3) is 9.70 Å². The van der Waals surface area contributed by atoms with Gasteiger partial charge in [0.05, 0.1) is 24.4 Å². The van der Waals surface area contributed by atoms with Crippen LogP contribution in [0, 0.1) is 0 Å². The zero-order chi connectivity index (χ0) is 27.3. The molecule has 8 nitrogen and oxygen atoms in total. The van der Waals surface area contributed by atoms with Gasteiger partial charge in [-0.05, 0) is 35.4 Å². The number of halogens is 3. The van der Waals surface area contributed by atoms with E-state index < -0.39 is 22.0 Å². The molecule has 2 heterocycles. The number of hydrogen-bond donors (Lipinski definition) is 3. The highest BCUT2D eigenvalue weighted by Gasteiger charge is 2.34. The summed E-state index contributed by atoms with van der Waals surface area (Å²) in [5, 5.41) is 21.8. The minimum Gasteiger partial charge on any atom is -0.478 e. The second-order valence-corrected chi connectivity index (χ2v) is 11.7. The summed E-state index contributed by atoms with van der Waals surface area (Å²) in [7, 11) is 0. The fourth-order valence-corrected chi connectivity index (χ4v) is 4.97. The molecule has 38 heavy (non-hydrogen) atoms. The van der Waals surface area contributed by atoms with Crippen LogP contribution in [0.5, 0.6) is 0 Å². The number of alkyl halides is 3.